The minimum Gasteiger partial charge on any atom is -0.351 e. The van der Waals surface area contributed by atoms with Crippen LogP contribution in [-0.2, 0) is 0 Å². The number of rotatable bonds is 4. The van der Waals surface area contributed by atoms with Gasteiger partial charge in [-0.2, -0.15) is 0 Å². The Bertz CT molecular complexity index is 95.4. The van der Waals surface area contributed by atoms with Gasteiger partial charge in [0.25, 0.3) is 0 Å². The van der Waals surface area contributed by atoms with Gasteiger partial charge in [-0.05, 0) is 13.1 Å². The Morgan fingerprint density at radius 2 is 1.67 bits per heavy atom. The Labute approximate surface area is 74.1 Å². The van der Waals surface area contributed by atoms with Crippen molar-refractivity contribution < 1.29 is 4.79 Å². The highest BCUT2D eigenvalue weighted by atomic mass is 16.2. The van der Waals surface area contributed by atoms with E-state index in [2.05, 4.69) is 35.7 Å². The third kappa shape index (κ3) is 22.9. The zero-order valence-corrected chi connectivity index (χ0v) is 8.11. The van der Waals surface area contributed by atoms with Crippen LogP contribution in [0.1, 0.15) is 20.8 Å². The number of hydrogen-bond donors (Lipinski definition) is 4. The fourth-order valence-corrected chi connectivity index (χ4v) is 0.426. The summed E-state index contributed by atoms with van der Waals surface area (Å²) in [6, 6.07) is -0.554. The Morgan fingerprint density at radius 1 is 1.17 bits per heavy atom. The van der Waals surface area contributed by atoms with Crippen LogP contribution in [-0.4, -0.2) is 25.7 Å². The molecule has 0 aromatic heterocycles. The molecule has 0 aliphatic rings. The van der Waals surface area contributed by atoms with Gasteiger partial charge in [0.15, 0.2) is 0 Å². The molecule has 0 spiro atoms. The summed E-state index contributed by atoms with van der Waals surface area (Å²) in [5, 5.41) is 3.11. The molecule has 0 bridgehead atoms. The van der Waals surface area contributed by atoms with Crippen LogP contribution in [0.15, 0.2) is 0 Å². The number of nitrogens with two attached hydrogens (primary N) is 1. The normalized spacial score (nSPS) is 8.25. The molecular weight excluding hydrogens is 156 g/mol. The summed E-state index contributed by atoms with van der Waals surface area (Å²) in [5.41, 5.74) is 9.37. The maximum Gasteiger partial charge on any atom is 0.326 e. The van der Waals surface area contributed by atoms with Gasteiger partial charge >= 0.3 is 6.03 Å². The van der Waals surface area contributed by atoms with E-state index in [9.17, 15) is 4.79 Å². The molecule has 5 heteroatoms. The van der Waals surface area contributed by atoms with Gasteiger partial charge < -0.3 is 11.1 Å². The van der Waals surface area contributed by atoms with Crippen molar-refractivity contribution in [2.24, 2.45) is 5.73 Å². The van der Waals surface area contributed by atoms with Crippen molar-refractivity contribution in [1.29, 1.82) is 0 Å². The van der Waals surface area contributed by atoms with Crippen LogP contribution in [0.3, 0.4) is 0 Å². The first-order valence-corrected chi connectivity index (χ1v) is 4.17. The second-order valence-corrected chi connectivity index (χ2v) is 1.98. The van der Waals surface area contributed by atoms with Crippen molar-refractivity contribution in [2.45, 2.75) is 20.8 Å². The first kappa shape index (κ1) is 13.8. The standard InChI is InChI=1S/C4H11N.C3H9N3O/c1-3-5-4-2;1-2-5-6-3(4)7/h5H,3-4H2,1-2H3;5H,2H2,1H3,(H3,4,6,7). The van der Waals surface area contributed by atoms with E-state index in [0.717, 1.165) is 13.1 Å². The highest BCUT2D eigenvalue weighted by Gasteiger charge is 1.81. The molecule has 5 N–H and O–H groups in total. The summed E-state index contributed by atoms with van der Waals surface area (Å²) in [7, 11) is 0. The number of primary amides is 1. The Balaban J connectivity index is 0. The molecule has 0 heterocycles. The molecule has 0 rings (SSSR count). The summed E-state index contributed by atoms with van der Waals surface area (Å²) in [6.45, 7) is 8.93. The number of hydrazine groups is 1. The number of carbonyl (C=O) groups excluding carboxylic acids is 1. The van der Waals surface area contributed by atoms with E-state index in [0.29, 0.717) is 6.54 Å². The molecule has 0 aliphatic carbocycles. The lowest BCUT2D eigenvalue weighted by molar-refractivity contribution is 0.245. The second kappa shape index (κ2) is 12.8. The van der Waals surface area contributed by atoms with Gasteiger partial charge in [0.2, 0.25) is 0 Å². The average Bonchev–Trinajstić information content (AvgIpc) is 2.03. The average molecular weight is 176 g/mol. The smallest absolute Gasteiger partial charge is 0.326 e. The molecule has 5 nitrogen and oxygen atoms in total. The summed E-state index contributed by atoms with van der Waals surface area (Å²) in [4.78, 5) is 9.81. The summed E-state index contributed by atoms with van der Waals surface area (Å²) in [6.07, 6.45) is 0. The number of carbonyl (C=O) groups is 1. The lowest BCUT2D eigenvalue weighted by Crippen LogP contribution is -2.40. The maximum absolute atomic E-state index is 9.81. The molecule has 0 aliphatic heterocycles. The molecule has 0 radical (unpaired) electrons. The SMILES string of the molecule is CCNCC.CCNNC(N)=O. The maximum atomic E-state index is 9.81. The van der Waals surface area contributed by atoms with Crippen LogP contribution in [0.25, 0.3) is 0 Å². The first-order chi connectivity index (χ1) is 5.68. The lowest BCUT2D eigenvalue weighted by atomic mass is 10.7. The quantitative estimate of drug-likeness (QED) is 0.448. The van der Waals surface area contributed by atoms with Crippen molar-refractivity contribution in [1.82, 2.24) is 16.2 Å². The van der Waals surface area contributed by atoms with Crippen molar-refractivity contribution in [3.63, 3.8) is 0 Å². The second-order valence-electron chi connectivity index (χ2n) is 1.98. The zero-order chi connectivity index (χ0) is 9.82. The van der Waals surface area contributed by atoms with Crippen LogP contribution < -0.4 is 21.9 Å². The van der Waals surface area contributed by atoms with E-state index in [1.54, 1.807) is 0 Å². The summed E-state index contributed by atoms with van der Waals surface area (Å²) >= 11 is 0. The molecule has 0 unspecified atom stereocenters. The van der Waals surface area contributed by atoms with E-state index in [1.807, 2.05) is 6.92 Å². The number of amides is 2. The molecule has 0 fully saturated rings. The fourth-order valence-electron chi connectivity index (χ4n) is 0.426. The third-order valence-electron chi connectivity index (χ3n) is 0.888. The predicted molar refractivity (Wildman–Crippen MR) is 50.6 cm³/mol. The van der Waals surface area contributed by atoms with Crippen LogP contribution in [0.4, 0.5) is 4.79 Å². The zero-order valence-electron chi connectivity index (χ0n) is 8.11. The molecule has 2 amide bonds. The first-order valence-electron chi connectivity index (χ1n) is 4.17. The van der Waals surface area contributed by atoms with Crippen LogP contribution in [0.5, 0.6) is 0 Å². The third-order valence-corrected chi connectivity index (χ3v) is 0.888. The van der Waals surface area contributed by atoms with E-state index in [1.165, 1.54) is 0 Å². The highest BCUT2D eigenvalue weighted by Crippen LogP contribution is 1.47. The molecule has 74 valence electrons. The van der Waals surface area contributed by atoms with Gasteiger partial charge in [0, 0.05) is 6.54 Å². The van der Waals surface area contributed by atoms with Gasteiger partial charge in [0.1, 0.15) is 0 Å². The van der Waals surface area contributed by atoms with E-state index in [-0.39, 0.29) is 0 Å². The van der Waals surface area contributed by atoms with Crippen molar-refractivity contribution >= 4 is 6.03 Å². The van der Waals surface area contributed by atoms with Crippen molar-refractivity contribution in [2.75, 3.05) is 19.6 Å². The topological polar surface area (TPSA) is 79.2 Å². The Kier molecular flexibility index (Phi) is 14.7. The molecule has 0 aromatic rings. The van der Waals surface area contributed by atoms with Crippen molar-refractivity contribution in [3.8, 4) is 0 Å². The highest BCUT2D eigenvalue weighted by molar-refractivity contribution is 5.70. The minimum atomic E-state index is -0.554. The van der Waals surface area contributed by atoms with Crippen LogP contribution in [0, 0.1) is 0 Å². The molecule has 0 saturated carbocycles. The Hall–Kier alpha value is -0.810. The predicted octanol–water partition coefficient (Wildman–Crippen LogP) is -0.205. The molecule has 0 atom stereocenters. The monoisotopic (exact) mass is 176 g/mol. The molecular formula is C7H20N4O. The molecule has 0 aromatic carbocycles. The molecule has 12 heavy (non-hydrogen) atoms. The summed E-state index contributed by atoms with van der Waals surface area (Å²) in [5.74, 6) is 0. The van der Waals surface area contributed by atoms with E-state index >= 15 is 0 Å². The van der Waals surface area contributed by atoms with Gasteiger partial charge in [-0.25, -0.2) is 10.2 Å². The fraction of sp³-hybridized carbons (Fsp3) is 0.857. The lowest BCUT2D eigenvalue weighted by Gasteiger charge is -1.96. The van der Waals surface area contributed by atoms with Gasteiger partial charge in [-0.3, -0.25) is 5.43 Å². The number of nitrogens with one attached hydrogen (secondary N) is 3. The Morgan fingerprint density at radius 3 is 1.75 bits per heavy atom. The van der Waals surface area contributed by atoms with E-state index in [4.69, 9.17) is 0 Å². The number of urea groups is 1. The van der Waals surface area contributed by atoms with Gasteiger partial charge in [-0.1, -0.05) is 20.8 Å². The van der Waals surface area contributed by atoms with Gasteiger partial charge in [0.05, 0.1) is 0 Å². The van der Waals surface area contributed by atoms with Crippen molar-refractivity contribution in [3.05, 3.63) is 0 Å². The minimum absolute atomic E-state index is 0.554. The number of hydrogen-bond acceptors (Lipinski definition) is 3. The largest absolute Gasteiger partial charge is 0.351 e. The van der Waals surface area contributed by atoms with E-state index < -0.39 is 6.03 Å². The molecule has 0 saturated heterocycles. The van der Waals surface area contributed by atoms with Crippen LogP contribution in [0.2, 0.25) is 0 Å². The van der Waals surface area contributed by atoms with Crippen LogP contribution >= 0.6 is 0 Å². The summed E-state index contributed by atoms with van der Waals surface area (Å²) < 4.78 is 0. The van der Waals surface area contributed by atoms with Gasteiger partial charge in [-0.15, -0.1) is 0 Å².